The van der Waals surface area contributed by atoms with Crippen molar-refractivity contribution >= 4 is 45.8 Å². The molecule has 0 fully saturated rings. The molecule has 0 aliphatic heterocycles. The maximum atomic E-state index is 12.4. The Kier molecular flexibility index (Phi) is 5.50. The van der Waals surface area contributed by atoms with Crippen molar-refractivity contribution < 1.29 is 29.0 Å². The molecule has 0 spiro atoms. The number of carbonyl (C=O) groups is 4. The molecule has 0 aliphatic carbocycles. The van der Waals surface area contributed by atoms with Gasteiger partial charge in [-0.15, -0.1) is 11.3 Å². The molecule has 1 aromatic carbocycles. The van der Waals surface area contributed by atoms with Gasteiger partial charge in [0.1, 0.15) is 5.00 Å². The van der Waals surface area contributed by atoms with Crippen molar-refractivity contribution in [2.45, 2.75) is 6.92 Å². The summed E-state index contributed by atoms with van der Waals surface area (Å²) in [4.78, 5) is 46.7. The molecular formula is C16H14N2O6S. The molecule has 0 radical (unpaired) electrons. The monoisotopic (exact) mass is 362 g/mol. The summed E-state index contributed by atoms with van der Waals surface area (Å²) >= 11 is 0.795. The van der Waals surface area contributed by atoms with E-state index in [1.807, 2.05) is 0 Å². The Morgan fingerprint density at radius 3 is 2.28 bits per heavy atom. The molecule has 0 saturated carbocycles. The average Bonchev–Trinajstić information content (AvgIpc) is 2.91. The van der Waals surface area contributed by atoms with Crippen LogP contribution in [0.1, 0.15) is 25.6 Å². The van der Waals surface area contributed by atoms with Crippen LogP contribution in [0.2, 0.25) is 0 Å². The van der Waals surface area contributed by atoms with Crippen LogP contribution in [0.25, 0.3) is 0 Å². The van der Waals surface area contributed by atoms with Gasteiger partial charge >= 0.3 is 17.8 Å². The lowest BCUT2D eigenvalue weighted by Crippen LogP contribution is -2.22. The zero-order valence-electron chi connectivity index (χ0n) is 13.3. The molecule has 0 atom stereocenters. The molecule has 2 amide bonds. The first-order valence-electron chi connectivity index (χ1n) is 6.97. The Morgan fingerprint density at radius 2 is 1.72 bits per heavy atom. The summed E-state index contributed by atoms with van der Waals surface area (Å²) in [6.45, 7) is 1.51. The maximum Gasteiger partial charge on any atom is 0.394 e. The molecular weight excluding hydrogens is 348 g/mol. The van der Waals surface area contributed by atoms with Crippen molar-refractivity contribution in [2.24, 2.45) is 0 Å². The van der Waals surface area contributed by atoms with Crippen LogP contribution in [-0.2, 0) is 14.3 Å². The molecule has 2 aromatic rings. The van der Waals surface area contributed by atoms with Gasteiger partial charge in [-0.2, -0.15) is 0 Å². The highest BCUT2D eigenvalue weighted by Gasteiger charge is 2.27. The first-order chi connectivity index (χ1) is 11.8. The van der Waals surface area contributed by atoms with Gasteiger partial charge in [-0.1, -0.05) is 18.2 Å². The van der Waals surface area contributed by atoms with Crippen molar-refractivity contribution in [1.29, 1.82) is 0 Å². The zero-order valence-corrected chi connectivity index (χ0v) is 14.1. The number of esters is 1. The van der Waals surface area contributed by atoms with Gasteiger partial charge in [0.2, 0.25) is 0 Å². The van der Waals surface area contributed by atoms with Crippen molar-refractivity contribution in [2.75, 3.05) is 17.7 Å². The maximum absolute atomic E-state index is 12.4. The number of rotatable bonds is 4. The van der Waals surface area contributed by atoms with Crippen molar-refractivity contribution in [3.05, 3.63) is 46.3 Å². The molecule has 25 heavy (non-hydrogen) atoms. The summed E-state index contributed by atoms with van der Waals surface area (Å²) < 4.78 is 4.65. The first kappa shape index (κ1) is 18.1. The quantitative estimate of drug-likeness (QED) is 0.566. The number of carboxylic acids is 1. The third kappa shape index (κ3) is 4.01. The summed E-state index contributed by atoms with van der Waals surface area (Å²) in [5.41, 5.74) is 0.780. The van der Waals surface area contributed by atoms with Gasteiger partial charge in [0, 0.05) is 5.69 Å². The topological polar surface area (TPSA) is 122 Å². The van der Waals surface area contributed by atoms with Crippen LogP contribution in [0, 0.1) is 6.92 Å². The number of carboxylic acid groups (broad SMARTS) is 1. The number of ether oxygens (including phenoxy) is 1. The number of benzene rings is 1. The Bertz CT molecular complexity index is 844. The highest BCUT2D eigenvalue weighted by Crippen LogP contribution is 2.34. The highest BCUT2D eigenvalue weighted by molar-refractivity contribution is 7.19. The number of amides is 2. The minimum absolute atomic E-state index is 0.0553. The Morgan fingerprint density at radius 1 is 1.08 bits per heavy atom. The summed E-state index contributed by atoms with van der Waals surface area (Å²) in [5.74, 6) is -4.30. The summed E-state index contributed by atoms with van der Waals surface area (Å²) in [5, 5.41) is 13.4. The van der Waals surface area contributed by atoms with Crippen LogP contribution >= 0.6 is 11.3 Å². The van der Waals surface area contributed by atoms with Gasteiger partial charge in [0.05, 0.1) is 17.6 Å². The van der Waals surface area contributed by atoms with E-state index in [1.165, 1.54) is 6.92 Å². The molecule has 0 unspecified atom stereocenters. The zero-order chi connectivity index (χ0) is 18.6. The second-order valence-corrected chi connectivity index (χ2v) is 5.85. The van der Waals surface area contributed by atoms with E-state index in [0.29, 0.717) is 5.69 Å². The molecule has 130 valence electrons. The number of hydrogen-bond acceptors (Lipinski definition) is 6. The SMILES string of the molecule is COC(=O)c1c(NC(=O)C(=O)O)sc(C(=O)Nc2ccccc2)c1C. The fraction of sp³-hybridized carbons (Fsp3) is 0.125. The number of nitrogens with one attached hydrogen (secondary N) is 2. The lowest BCUT2D eigenvalue weighted by atomic mass is 10.1. The number of anilines is 2. The molecule has 0 aliphatic rings. The second kappa shape index (κ2) is 7.58. The number of methoxy groups -OCH3 is 1. The number of thiophene rings is 1. The summed E-state index contributed by atoms with van der Waals surface area (Å²) in [7, 11) is 1.14. The van der Waals surface area contributed by atoms with Gasteiger partial charge in [0.25, 0.3) is 5.91 Å². The molecule has 0 saturated heterocycles. The Labute approximate surface area is 146 Å². The molecule has 1 heterocycles. The number of para-hydroxylation sites is 1. The van der Waals surface area contributed by atoms with Gasteiger partial charge < -0.3 is 20.5 Å². The van der Waals surface area contributed by atoms with Crippen LogP contribution in [0.5, 0.6) is 0 Å². The Hall–Kier alpha value is -3.20. The second-order valence-electron chi connectivity index (χ2n) is 4.83. The molecule has 2 rings (SSSR count). The fourth-order valence-electron chi connectivity index (χ4n) is 2.03. The number of carbonyl (C=O) groups excluding carboxylic acids is 3. The third-order valence-corrected chi connectivity index (χ3v) is 4.40. The van der Waals surface area contributed by atoms with E-state index < -0.39 is 23.8 Å². The number of aliphatic carboxylic acids is 1. The fourth-order valence-corrected chi connectivity index (χ4v) is 3.12. The van der Waals surface area contributed by atoms with Gasteiger partial charge in [-0.05, 0) is 24.6 Å². The van der Waals surface area contributed by atoms with E-state index >= 15 is 0 Å². The molecule has 0 bridgehead atoms. The molecule has 1 aromatic heterocycles. The van der Waals surface area contributed by atoms with E-state index in [1.54, 1.807) is 30.3 Å². The molecule has 9 heteroatoms. The van der Waals surface area contributed by atoms with E-state index in [4.69, 9.17) is 5.11 Å². The third-order valence-electron chi connectivity index (χ3n) is 3.20. The van der Waals surface area contributed by atoms with Crippen molar-refractivity contribution in [3.63, 3.8) is 0 Å². The normalized spacial score (nSPS) is 10.0. The van der Waals surface area contributed by atoms with E-state index in [2.05, 4.69) is 15.4 Å². The van der Waals surface area contributed by atoms with Crippen LogP contribution in [0.15, 0.2) is 30.3 Å². The summed E-state index contributed by atoms with van der Waals surface area (Å²) in [6, 6.07) is 8.66. The smallest absolute Gasteiger partial charge is 0.394 e. The van der Waals surface area contributed by atoms with Gasteiger partial charge in [0.15, 0.2) is 0 Å². The van der Waals surface area contributed by atoms with Crippen molar-refractivity contribution in [1.82, 2.24) is 0 Å². The number of hydrogen-bond donors (Lipinski definition) is 3. The first-order valence-corrected chi connectivity index (χ1v) is 7.79. The van der Waals surface area contributed by atoms with Gasteiger partial charge in [-0.3, -0.25) is 9.59 Å². The largest absolute Gasteiger partial charge is 0.474 e. The predicted octanol–water partition coefficient (Wildman–Crippen LogP) is 2.12. The average molecular weight is 362 g/mol. The van der Waals surface area contributed by atoms with Crippen molar-refractivity contribution in [3.8, 4) is 0 Å². The standard InChI is InChI=1S/C16H14N2O6S/c1-8-10(16(23)24-2)14(18-13(20)15(21)22)25-11(8)12(19)17-9-6-4-3-5-7-9/h3-7H,1-2H3,(H,17,19)(H,18,20)(H,21,22). The minimum atomic E-state index is -1.71. The minimum Gasteiger partial charge on any atom is -0.474 e. The lowest BCUT2D eigenvalue weighted by Gasteiger charge is -2.04. The van der Waals surface area contributed by atoms with Crippen LogP contribution in [0.4, 0.5) is 10.7 Å². The molecule has 8 nitrogen and oxygen atoms in total. The molecule has 3 N–H and O–H groups in total. The summed E-state index contributed by atoms with van der Waals surface area (Å²) in [6.07, 6.45) is 0. The van der Waals surface area contributed by atoms with E-state index in [-0.39, 0.29) is 21.0 Å². The Balaban J connectivity index is 2.40. The van der Waals surface area contributed by atoms with E-state index in [0.717, 1.165) is 18.4 Å². The van der Waals surface area contributed by atoms with E-state index in [9.17, 15) is 19.2 Å². The van der Waals surface area contributed by atoms with Crippen LogP contribution in [-0.4, -0.2) is 36.0 Å². The highest BCUT2D eigenvalue weighted by atomic mass is 32.1. The van der Waals surface area contributed by atoms with Crippen LogP contribution in [0.3, 0.4) is 0 Å². The van der Waals surface area contributed by atoms with Crippen LogP contribution < -0.4 is 10.6 Å². The predicted molar refractivity (Wildman–Crippen MR) is 91.1 cm³/mol. The van der Waals surface area contributed by atoms with Gasteiger partial charge in [-0.25, -0.2) is 9.59 Å². The lowest BCUT2D eigenvalue weighted by molar-refractivity contribution is -0.147.